The Morgan fingerprint density at radius 1 is 1.06 bits per heavy atom. The predicted octanol–water partition coefficient (Wildman–Crippen LogP) is 4.41. The number of hydrogen-bond acceptors (Lipinski definition) is 8. The Morgan fingerprint density at radius 2 is 1.79 bits per heavy atom. The van der Waals surface area contributed by atoms with Crippen LogP contribution in [0.3, 0.4) is 0 Å². The lowest BCUT2D eigenvalue weighted by molar-refractivity contribution is -0.121. The van der Waals surface area contributed by atoms with Gasteiger partial charge in [-0.2, -0.15) is 0 Å². The smallest absolute Gasteiger partial charge is 0.491 e. The lowest BCUT2D eigenvalue weighted by atomic mass is 10.1. The van der Waals surface area contributed by atoms with E-state index in [-0.39, 0.29) is 41.5 Å². The highest BCUT2D eigenvalue weighted by molar-refractivity contribution is 8.15. The van der Waals surface area contributed by atoms with Gasteiger partial charge in [-0.05, 0) is 30.2 Å². The Bertz CT molecular complexity index is 1210. The minimum atomic E-state index is -0.809. The number of carbonyl (C=O) groups excluding carboxylic acids is 2. The molecule has 2 aromatic carbocycles. The molecule has 0 radical (unpaired) electrons. The highest BCUT2D eigenvalue weighted by Gasteiger charge is 2.31. The maximum Gasteiger partial charge on any atom is 0.519 e. The van der Waals surface area contributed by atoms with Crippen LogP contribution in [0.1, 0.15) is 42.1 Å². The Hall–Kier alpha value is -3.17. The fourth-order valence-corrected chi connectivity index (χ4v) is 4.67. The van der Waals surface area contributed by atoms with E-state index in [2.05, 4.69) is 0 Å². The molecule has 1 aliphatic rings. The van der Waals surface area contributed by atoms with E-state index in [1.54, 1.807) is 30.3 Å². The molecule has 4 rings (SSSR count). The molecule has 1 saturated heterocycles. The molecule has 0 saturated carbocycles. The molecule has 178 valence electrons. The quantitative estimate of drug-likeness (QED) is 0.389. The van der Waals surface area contributed by atoms with E-state index >= 15 is 0 Å². The predicted molar refractivity (Wildman–Crippen MR) is 122 cm³/mol. The highest BCUT2D eigenvalue weighted by atomic mass is 32.2. The third kappa shape index (κ3) is 5.84. The number of halogens is 1. The van der Waals surface area contributed by atoms with E-state index in [1.165, 1.54) is 6.07 Å². The summed E-state index contributed by atoms with van der Waals surface area (Å²) in [6, 6.07) is 13.4. The molecule has 2 heterocycles. The summed E-state index contributed by atoms with van der Waals surface area (Å²) in [5, 5.41) is -0.427. The van der Waals surface area contributed by atoms with Crippen molar-refractivity contribution in [2.45, 2.75) is 44.1 Å². The number of ketones is 1. The first-order valence-corrected chi connectivity index (χ1v) is 11.7. The zero-order chi connectivity index (χ0) is 24.1. The van der Waals surface area contributed by atoms with Gasteiger partial charge in [0, 0.05) is 12.0 Å². The van der Waals surface area contributed by atoms with Gasteiger partial charge in [-0.25, -0.2) is 9.18 Å². The Kier molecular flexibility index (Phi) is 7.64. The SMILES string of the molecule is CCc1oc(=O)oc1COC(COc1ccc(CC2SC(=O)CC2=O)cc1)c1ccccc1F. The summed E-state index contributed by atoms with van der Waals surface area (Å²) in [6.07, 6.45) is 0.156. The number of thioether (sulfide) groups is 1. The van der Waals surface area contributed by atoms with Gasteiger partial charge in [0.25, 0.3) is 0 Å². The van der Waals surface area contributed by atoms with Crippen molar-refractivity contribution >= 4 is 22.7 Å². The molecule has 3 aromatic rings. The van der Waals surface area contributed by atoms with Crippen LogP contribution in [0.2, 0.25) is 0 Å². The zero-order valence-corrected chi connectivity index (χ0v) is 19.3. The van der Waals surface area contributed by atoms with E-state index in [4.69, 9.17) is 18.3 Å². The number of benzene rings is 2. The Labute approximate surface area is 199 Å². The maximum absolute atomic E-state index is 14.5. The van der Waals surface area contributed by atoms with Gasteiger partial charge in [0.2, 0.25) is 0 Å². The van der Waals surface area contributed by atoms with Crippen LogP contribution in [0.4, 0.5) is 4.39 Å². The molecule has 1 aliphatic heterocycles. The fraction of sp³-hybridized carbons (Fsp3) is 0.320. The van der Waals surface area contributed by atoms with Crippen LogP contribution in [-0.4, -0.2) is 22.8 Å². The van der Waals surface area contributed by atoms with Crippen LogP contribution in [0.15, 0.2) is 62.2 Å². The van der Waals surface area contributed by atoms with Crippen molar-refractivity contribution in [1.29, 1.82) is 0 Å². The van der Waals surface area contributed by atoms with Crippen LogP contribution in [-0.2, 0) is 33.8 Å². The minimum Gasteiger partial charge on any atom is -0.491 e. The fourth-order valence-electron chi connectivity index (χ4n) is 3.64. The van der Waals surface area contributed by atoms with Crippen LogP contribution < -0.4 is 10.6 Å². The largest absolute Gasteiger partial charge is 0.519 e. The molecule has 0 aliphatic carbocycles. The van der Waals surface area contributed by atoms with Crippen LogP contribution in [0.5, 0.6) is 5.75 Å². The van der Waals surface area contributed by atoms with Gasteiger partial charge < -0.3 is 18.3 Å². The summed E-state index contributed by atoms with van der Waals surface area (Å²) in [5.74, 6) is -0.107. The molecule has 34 heavy (non-hydrogen) atoms. The van der Waals surface area contributed by atoms with Crippen LogP contribution in [0.25, 0.3) is 0 Å². The summed E-state index contributed by atoms with van der Waals surface area (Å²) in [4.78, 5) is 34.7. The Morgan fingerprint density at radius 3 is 2.47 bits per heavy atom. The van der Waals surface area contributed by atoms with Gasteiger partial charge in [-0.3, -0.25) is 9.59 Å². The molecular formula is C25H23FO7S. The number of carbonyl (C=O) groups is 2. The molecule has 1 aromatic heterocycles. The molecule has 2 atom stereocenters. The van der Waals surface area contributed by atoms with Crippen molar-refractivity contribution in [3.63, 3.8) is 0 Å². The van der Waals surface area contributed by atoms with Gasteiger partial charge in [-0.15, -0.1) is 0 Å². The molecular weight excluding hydrogens is 463 g/mol. The van der Waals surface area contributed by atoms with E-state index in [0.29, 0.717) is 29.9 Å². The van der Waals surface area contributed by atoms with E-state index < -0.39 is 17.7 Å². The average Bonchev–Trinajstić information content (AvgIpc) is 3.35. The normalized spacial score (nSPS) is 16.7. The Balaban J connectivity index is 1.42. The average molecular weight is 487 g/mol. The van der Waals surface area contributed by atoms with E-state index in [1.807, 2.05) is 19.1 Å². The lowest BCUT2D eigenvalue weighted by Gasteiger charge is -2.19. The number of aryl methyl sites for hydroxylation is 1. The lowest BCUT2D eigenvalue weighted by Crippen LogP contribution is -2.16. The molecule has 0 bridgehead atoms. The maximum atomic E-state index is 14.5. The molecule has 9 heteroatoms. The first-order chi connectivity index (χ1) is 16.4. The summed E-state index contributed by atoms with van der Waals surface area (Å²) >= 11 is 1.09. The van der Waals surface area contributed by atoms with Crippen molar-refractivity contribution in [1.82, 2.24) is 0 Å². The van der Waals surface area contributed by atoms with Gasteiger partial charge >= 0.3 is 5.82 Å². The summed E-state index contributed by atoms with van der Waals surface area (Å²) in [7, 11) is 0. The zero-order valence-electron chi connectivity index (χ0n) is 18.5. The second-order valence-electron chi connectivity index (χ2n) is 7.76. The van der Waals surface area contributed by atoms with Gasteiger partial charge in [0.05, 0.1) is 11.7 Å². The molecule has 1 fully saturated rings. The third-order valence-electron chi connectivity index (χ3n) is 5.41. The van der Waals surface area contributed by atoms with E-state index in [9.17, 15) is 18.8 Å². The second-order valence-corrected chi connectivity index (χ2v) is 9.02. The van der Waals surface area contributed by atoms with Gasteiger partial charge in [-0.1, -0.05) is 49.0 Å². The highest BCUT2D eigenvalue weighted by Crippen LogP contribution is 2.29. The molecule has 0 amide bonds. The first kappa shape index (κ1) is 24.0. The van der Waals surface area contributed by atoms with Crippen LogP contribution in [0, 0.1) is 5.82 Å². The van der Waals surface area contributed by atoms with Crippen LogP contribution >= 0.6 is 11.8 Å². The van der Waals surface area contributed by atoms with Crippen molar-refractivity contribution in [2.24, 2.45) is 0 Å². The van der Waals surface area contributed by atoms with Crippen molar-refractivity contribution in [3.8, 4) is 5.75 Å². The molecule has 7 nitrogen and oxygen atoms in total. The number of hydrogen-bond donors (Lipinski definition) is 0. The third-order valence-corrected chi connectivity index (χ3v) is 6.53. The standard InChI is InChI=1S/C25H23FO7S/c1-2-20-22(33-25(29)32-20)14-31-21(17-5-3-4-6-18(17)26)13-30-16-9-7-15(8-10-16)11-23-19(27)12-24(28)34-23/h3-10,21,23H,2,11-14H2,1H3. The number of rotatable bonds is 10. The monoisotopic (exact) mass is 486 g/mol. The summed E-state index contributed by atoms with van der Waals surface area (Å²) in [6.45, 7) is 1.74. The van der Waals surface area contributed by atoms with Crippen molar-refractivity contribution < 1.29 is 32.3 Å². The molecule has 0 N–H and O–H groups in total. The van der Waals surface area contributed by atoms with Crippen molar-refractivity contribution in [3.05, 3.63) is 87.6 Å². The number of ether oxygens (including phenoxy) is 2. The summed E-state index contributed by atoms with van der Waals surface area (Å²) in [5.41, 5.74) is 1.22. The minimum absolute atomic E-state index is 0.00403. The number of Topliss-reactive ketones (excluding diaryl/α,β-unsaturated/α-hetero) is 1. The van der Waals surface area contributed by atoms with E-state index in [0.717, 1.165) is 17.3 Å². The molecule has 0 spiro atoms. The summed E-state index contributed by atoms with van der Waals surface area (Å²) < 4.78 is 36.2. The first-order valence-electron chi connectivity index (χ1n) is 10.8. The van der Waals surface area contributed by atoms with Gasteiger partial charge in [0.15, 0.2) is 22.4 Å². The second kappa shape index (κ2) is 10.8. The van der Waals surface area contributed by atoms with Gasteiger partial charge in [0.1, 0.15) is 30.9 Å². The molecule has 2 unspecified atom stereocenters. The topological polar surface area (TPSA) is 95.9 Å². The van der Waals surface area contributed by atoms with Crippen molar-refractivity contribution in [2.75, 3.05) is 6.61 Å².